The summed E-state index contributed by atoms with van der Waals surface area (Å²) in [6.45, 7) is 6.89. The van der Waals surface area contributed by atoms with Crippen LogP contribution in [-0.2, 0) is 0 Å². The number of piperazine rings is 1. The minimum Gasteiger partial charge on any atom is -0.314 e. The van der Waals surface area contributed by atoms with Gasteiger partial charge in [0.05, 0.1) is 0 Å². The molecule has 3 heteroatoms. The van der Waals surface area contributed by atoms with Crippen molar-refractivity contribution in [3.8, 4) is 0 Å². The summed E-state index contributed by atoms with van der Waals surface area (Å²) >= 11 is 1.81. The number of nitrogens with one attached hydrogen (secondary N) is 1. The molecule has 0 unspecified atom stereocenters. The highest BCUT2D eigenvalue weighted by Crippen LogP contribution is 2.27. The van der Waals surface area contributed by atoms with E-state index in [4.69, 9.17) is 0 Å². The molecule has 1 aliphatic rings. The van der Waals surface area contributed by atoms with E-state index in [1.54, 1.807) is 0 Å². The van der Waals surface area contributed by atoms with Gasteiger partial charge in [0.15, 0.2) is 0 Å². The van der Waals surface area contributed by atoms with Gasteiger partial charge < -0.3 is 5.32 Å². The molecule has 1 heterocycles. The van der Waals surface area contributed by atoms with E-state index in [9.17, 15) is 0 Å². The first-order chi connectivity index (χ1) is 8.85. The molecule has 2 nitrogen and oxygen atoms in total. The Hall–Kier alpha value is -0.510. The van der Waals surface area contributed by atoms with Gasteiger partial charge in [-0.25, -0.2) is 0 Å². The van der Waals surface area contributed by atoms with Crippen LogP contribution < -0.4 is 5.32 Å². The average molecular weight is 264 g/mol. The van der Waals surface area contributed by atoms with Crippen molar-refractivity contribution in [2.45, 2.75) is 30.7 Å². The van der Waals surface area contributed by atoms with Crippen LogP contribution in [-0.4, -0.2) is 37.3 Å². The molecular weight excluding hydrogens is 240 g/mol. The van der Waals surface area contributed by atoms with E-state index in [1.165, 1.54) is 36.4 Å². The molecule has 0 aliphatic carbocycles. The molecule has 0 bridgehead atoms. The maximum Gasteiger partial charge on any atom is 0.0349 e. The zero-order chi connectivity index (χ0) is 12.8. The molecule has 1 atom stereocenters. The number of benzene rings is 1. The fourth-order valence-electron chi connectivity index (χ4n) is 2.65. The normalized spacial score (nSPS) is 18.8. The third kappa shape index (κ3) is 3.50. The minimum atomic E-state index is 0.605. The molecule has 0 aromatic heterocycles. The van der Waals surface area contributed by atoms with Crippen LogP contribution in [0.25, 0.3) is 0 Å². The van der Waals surface area contributed by atoms with Gasteiger partial charge >= 0.3 is 0 Å². The maximum atomic E-state index is 3.44. The highest BCUT2D eigenvalue weighted by Gasteiger charge is 2.21. The van der Waals surface area contributed by atoms with Gasteiger partial charge in [-0.1, -0.05) is 25.5 Å². The first kappa shape index (κ1) is 13.9. The molecule has 1 aromatic rings. The van der Waals surface area contributed by atoms with Crippen LogP contribution >= 0.6 is 11.8 Å². The Bertz CT molecular complexity index is 344. The predicted molar refractivity (Wildman–Crippen MR) is 80.3 cm³/mol. The summed E-state index contributed by atoms with van der Waals surface area (Å²) in [5, 5.41) is 3.44. The second-order valence-corrected chi connectivity index (χ2v) is 5.74. The molecule has 1 aromatic carbocycles. The lowest BCUT2D eigenvalue weighted by molar-refractivity contribution is 0.164. The van der Waals surface area contributed by atoms with Crippen LogP contribution in [0, 0.1) is 0 Å². The fourth-order valence-corrected chi connectivity index (χ4v) is 3.06. The van der Waals surface area contributed by atoms with Gasteiger partial charge in [0.1, 0.15) is 0 Å². The Balaban J connectivity index is 2.11. The zero-order valence-corrected chi connectivity index (χ0v) is 12.3. The molecule has 1 saturated heterocycles. The van der Waals surface area contributed by atoms with Crippen LogP contribution in [0.3, 0.4) is 0 Å². The number of hydrogen-bond acceptors (Lipinski definition) is 3. The summed E-state index contributed by atoms with van der Waals surface area (Å²) in [6.07, 6.45) is 4.65. The fraction of sp³-hybridized carbons (Fsp3) is 0.600. The van der Waals surface area contributed by atoms with E-state index >= 15 is 0 Å². The van der Waals surface area contributed by atoms with Crippen LogP contribution in [0.5, 0.6) is 0 Å². The third-order valence-corrected chi connectivity index (χ3v) is 4.40. The highest BCUT2D eigenvalue weighted by atomic mass is 32.2. The standard InChI is InChI=1S/C15H24N2S/c1-3-4-15(17-11-9-16-10-12-17)13-5-7-14(18-2)8-6-13/h5-8,15-16H,3-4,9-12H2,1-2H3/t15-/m1/s1. The lowest BCUT2D eigenvalue weighted by atomic mass is 10.00. The molecule has 0 amide bonds. The second kappa shape index (κ2) is 7.17. The Kier molecular flexibility index (Phi) is 5.54. The smallest absolute Gasteiger partial charge is 0.0349 e. The van der Waals surface area contributed by atoms with E-state index in [-0.39, 0.29) is 0 Å². The molecule has 1 fully saturated rings. The zero-order valence-electron chi connectivity index (χ0n) is 11.5. The van der Waals surface area contributed by atoms with Gasteiger partial charge in [-0.3, -0.25) is 4.90 Å². The Morgan fingerprint density at radius 3 is 2.44 bits per heavy atom. The van der Waals surface area contributed by atoms with Gasteiger partial charge in [-0.05, 0) is 30.4 Å². The highest BCUT2D eigenvalue weighted by molar-refractivity contribution is 7.98. The van der Waals surface area contributed by atoms with Gasteiger partial charge in [0, 0.05) is 37.1 Å². The molecule has 100 valence electrons. The molecule has 1 N–H and O–H groups in total. The van der Waals surface area contributed by atoms with Crippen molar-refractivity contribution in [2.24, 2.45) is 0 Å². The van der Waals surface area contributed by atoms with Gasteiger partial charge in [0.25, 0.3) is 0 Å². The summed E-state index contributed by atoms with van der Waals surface area (Å²) in [4.78, 5) is 3.99. The molecule has 18 heavy (non-hydrogen) atoms. The number of nitrogens with zero attached hydrogens (tertiary/aromatic N) is 1. The summed E-state index contributed by atoms with van der Waals surface area (Å²) in [5.74, 6) is 0. The van der Waals surface area contributed by atoms with Gasteiger partial charge in [0.2, 0.25) is 0 Å². The van der Waals surface area contributed by atoms with E-state index in [0.29, 0.717) is 6.04 Å². The lowest BCUT2D eigenvalue weighted by Crippen LogP contribution is -2.45. The predicted octanol–water partition coefficient (Wildman–Crippen LogP) is 3.15. The van der Waals surface area contributed by atoms with Crippen molar-refractivity contribution in [3.63, 3.8) is 0 Å². The topological polar surface area (TPSA) is 15.3 Å². The van der Waals surface area contributed by atoms with Crippen LogP contribution in [0.15, 0.2) is 29.2 Å². The average Bonchev–Trinajstić information content (AvgIpc) is 2.46. The van der Waals surface area contributed by atoms with Crippen molar-refractivity contribution in [2.75, 3.05) is 32.4 Å². The number of hydrogen-bond donors (Lipinski definition) is 1. The largest absolute Gasteiger partial charge is 0.314 e. The molecule has 0 saturated carbocycles. The summed E-state index contributed by atoms with van der Waals surface area (Å²) in [5.41, 5.74) is 1.48. The van der Waals surface area contributed by atoms with Crippen LogP contribution in [0.2, 0.25) is 0 Å². The SMILES string of the molecule is CCC[C@H](c1ccc(SC)cc1)N1CCNCC1. The van der Waals surface area contributed by atoms with Crippen molar-refractivity contribution in [1.82, 2.24) is 10.2 Å². The van der Waals surface area contributed by atoms with Crippen molar-refractivity contribution in [1.29, 1.82) is 0 Å². The summed E-state index contributed by atoms with van der Waals surface area (Å²) in [7, 11) is 0. The van der Waals surface area contributed by atoms with Crippen LogP contribution in [0.1, 0.15) is 31.4 Å². The van der Waals surface area contributed by atoms with Crippen molar-refractivity contribution >= 4 is 11.8 Å². The summed E-state index contributed by atoms with van der Waals surface area (Å²) < 4.78 is 0. The molecule has 0 spiro atoms. The van der Waals surface area contributed by atoms with E-state index in [2.05, 4.69) is 47.7 Å². The van der Waals surface area contributed by atoms with Crippen molar-refractivity contribution in [3.05, 3.63) is 29.8 Å². The Morgan fingerprint density at radius 2 is 1.89 bits per heavy atom. The Labute approximate surface area is 115 Å². The monoisotopic (exact) mass is 264 g/mol. The molecular formula is C15H24N2S. The van der Waals surface area contributed by atoms with Gasteiger partial charge in [-0.15, -0.1) is 11.8 Å². The summed E-state index contributed by atoms with van der Waals surface area (Å²) in [6, 6.07) is 9.74. The van der Waals surface area contributed by atoms with E-state index < -0.39 is 0 Å². The Morgan fingerprint density at radius 1 is 1.22 bits per heavy atom. The number of thioether (sulfide) groups is 1. The molecule has 1 aliphatic heterocycles. The maximum absolute atomic E-state index is 3.44. The first-order valence-corrected chi connectivity index (χ1v) is 8.16. The van der Waals surface area contributed by atoms with Crippen LogP contribution in [0.4, 0.5) is 0 Å². The first-order valence-electron chi connectivity index (χ1n) is 6.94. The van der Waals surface area contributed by atoms with E-state index in [0.717, 1.165) is 13.1 Å². The minimum absolute atomic E-state index is 0.605. The number of rotatable bonds is 5. The van der Waals surface area contributed by atoms with Gasteiger partial charge in [-0.2, -0.15) is 0 Å². The third-order valence-electron chi connectivity index (χ3n) is 3.66. The molecule has 2 rings (SSSR count). The molecule has 0 radical (unpaired) electrons. The van der Waals surface area contributed by atoms with Crippen molar-refractivity contribution < 1.29 is 0 Å². The lowest BCUT2D eigenvalue weighted by Gasteiger charge is -2.35. The second-order valence-electron chi connectivity index (χ2n) is 4.86. The van der Waals surface area contributed by atoms with E-state index in [1.807, 2.05) is 11.8 Å². The quantitative estimate of drug-likeness (QED) is 0.823.